The van der Waals surface area contributed by atoms with Crippen molar-refractivity contribution in [2.24, 2.45) is 68.5 Å². The highest BCUT2D eigenvalue weighted by atomic mass is 16.6. The molecule has 7 rings (SSSR count). The maximum absolute atomic E-state index is 12.4. The number of aliphatic hydroxyl groups is 2. The topological polar surface area (TPSA) is 197 Å². The number of allylic oxidation sites excluding steroid dienone is 2. The van der Waals surface area contributed by atoms with Gasteiger partial charge in [0.2, 0.25) is 0 Å². The van der Waals surface area contributed by atoms with E-state index in [1.165, 1.54) is 13.3 Å². The van der Waals surface area contributed by atoms with E-state index in [2.05, 4.69) is 40.2 Å². The Kier molecular flexibility index (Phi) is 28.7. The summed E-state index contributed by atoms with van der Waals surface area (Å²) in [6.07, 6.45) is 26.1. The lowest BCUT2D eigenvalue weighted by molar-refractivity contribution is -0.198. The minimum Gasteiger partial charge on any atom is -0.460 e. The summed E-state index contributed by atoms with van der Waals surface area (Å²) in [7, 11) is 0. The molecule has 0 spiro atoms. The maximum Gasteiger partial charge on any atom is 0.310 e. The van der Waals surface area contributed by atoms with Crippen molar-refractivity contribution in [1.29, 1.82) is 0 Å². The Balaban J connectivity index is 0.000000365. The lowest BCUT2D eigenvalue weighted by atomic mass is 9.58. The maximum atomic E-state index is 12.4. The minimum absolute atomic E-state index is 0.0347. The van der Waals surface area contributed by atoms with Crippen LogP contribution in [0.5, 0.6) is 0 Å². The molecule has 498 valence electrons. The van der Waals surface area contributed by atoms with Crippen LogP contribution in [-0.2, 0) is 52.5 Å². The van der Waals surface area contributed by atoms with E-state index in [4.69, 9.17) is 18.9 Å². The van der Waals surface area contributed by atoms with Gasteiger partial charge in [-0.1, -0.05) is 126 Å². The number of carbonyl (C=O) groups excluding carboxylic acids is 7. The van der Waals surface area contributed by atoms with Crippen LogP contribution in [0, 0.1) is 68.5 Å². The number of rotatable bonds is 10. The van der Waals surface area contributed by atoms with Crippen LogP contribution in [-0.4, -0.2) is 85.5 Å². The molecule has 6 saturated carbocycles. The lowest BCUT2D eigenvalue weighted by Crippen LogP contribution is -2.57. The molecule has 1 heterocycles. The van der Waals surface area contributed by atoms with Gasteiger partial charge in [0.1, 0.15) is 39.8 Å². The number of esters is 4. The predicted molar refractivity (Wildman–Crippen MR) is 349 cm³/mol. The fraction of sp³-hybridized carbons (Fsp3) is 0.797. The fourth-order valence-electron chi connectivity index (χ4n) is 15.0. The molecule has 4 unspecified atom stereocenters. The number of fused-ring (bicyclic) bond motifs is 1. The van der Waals surface area contributed by atoms with Crippen molar-refractivity contribution in [2.75, 3.05) is 0 Å². The summed E-state index contributed by atoms with van der Waals surface area (Å²) in [5.74, 6) is 1.53. The van der Waals surface area contributed by atoms with Gasteiger partial charge in [-0.15, -0.1) is 26.3 Å². The van der Waals surface area contributed by atoms with Crippen molar-refractivity contribution in [2.45, 2.75) is 307 Å². The predicted octanol–water partition coefficient (Wildman–Crippen LogP) is 16.5. The van der Waals surface area contributed by atoms with E-state index in [1.807, 2.05) is 129 Å². The van der Waals surface area contributed by atoms with Crippen LogP contribution < -0.4 is 0 Å². The number of carbonyl (C=O) groups is 7. The van der Waals surface area contributed by atoms with Crippen molar-refractivity contribution in [3.05, 3.63) is 50.6 Å². The first-order chi connectivity index (χ1) is 39.8. The average Bonchev–Trinajstić information content (AvgIpc) is 1.54. The Morgan fingerprint density at radius 3 is 1.48 bits per heavy atom. The summed E-state index contributed by atoms with van der Waals surface area (Å²) < 4.78 is 22.1. The first-order valence-corrected chi connectivity index (χ1v) is 33.2. The average molecular weight is 1220 g/mol. The van der Waals surface area contributed by atoms with Crippen molar-refractivity contribution >= 4 is 41.2 Å². The molecule has 6 aliphatic carbocycles. The molecule has 87 heavy (non-hydrogen) atoms. The summed E-state index contributed by atoms with van der Waals surface area (Å²) in [4.78, 5) is 82.0. The summed E-state index contributed by atoms with van der Waals surface area (Å²) in [6.45, 7) is 53.8. The van der Waals surface area contributed by atoms with E-state index in [-0.39, 0.29) is 82.6 Å². The molecule has 13 heteroatoms. The van der Waals surface area contributed by atoms with E-state index in [0.29, 0.717) is 35.7 Å². The number of hydrogen-bond donors (Lipinski definition) is 2. The molecule has 0 aromatic heterocycles. The molecule has 7 aliphatic rings. The second-order valence-corrected chi connectivity index (χ2v) is 31.0. The molecule has 13 nitrogen and oxygen atoms in total. The minimum atomic E-state index is -1.06. The van der Waals surface area contributed by atoms with Gasteiger partial charge in [0.25, 0.3) is 0 Å². The van der Waals surface area contributed by atoms with Crippen molar-refractivity contribution in [3.63, 3.8) is 0 Å². The van der Waals surface area contributed by atoms with Gasteiger partial charge in [-0.25, -0.2) is 0 Å². The van der Waals surface area contributed by atoms with Gasteiger partial charge in [-0.05, 0) is 163 Å². The lowest BCUT2D eigenvalue weighted by Gasteiger charge is -2.52. The second-order valence-electron chi connectivity index (χ2n) is 31.0. The van der Waals surface area contributed by atoms with Crippen LogP contribution in [0.3, 0.4) is 0 Å². The summed E-state index contributed by atoms with van der Waals surface area (Å²) >= 11 is 0. The highest BCUT2D eigenvalue weighted by molar-refractivity contribution is 5.89. The molecule has 0 bridgehead atoms. The standard InChI is InChI=1S/C18H30O4.C16H28O3.C12H18O2.C10H18O2.C10H16O.C8H14O/c1-8-17(7)11-9-10-13(2)18(17,21-14(3)19)12-15(20)22-16(4,5)6;1-7-15(6)10-8-9-12(2)16(15,18)11-13(17)19-14(3,4)5;1-4-11(2)6-5-7-12(3)9(11)8-10(13)14-12;1-7-5-4-6-10(3,8(2)11)9(7)12;1-4-10(3)7-5-6-8(2)9(10)11;1-6-4-3-5-7(2)8(6)9/h8,13H,1,9-12H2,2-7H3;7,12,18H,1,8-11H2,2-6H3;4,9H,1,5-8H2,2-3H3;7-8,11H,4-6H2,1-3H3;4,8H,1,5-7H2,2-3H3;6-7H,3-5H2,1-2H3/t13-,17-,18-;12-,15-,16-;9?,11-,12+;7-,8?,10+;8-,10-;/m11111./s1. The highest BCUT2D eigenvalue weighted by Crippen LogP contribution is 2.55. The monoisotopic (exact) mass is 1220 g/mol. The molecule has 1 saturated heterocycles. The number of aliphatic hydroxyl groups excluding tert-OH is 1. The van der Waals surface area contributed by atoms with Gasteiger partial charge in [0.15, 0.2) is 0 Å². The third-order valence-corrected chi connectivity index (χ3v) is 21.5. The van der Waals surface area contributed by atoms with Crippen LogP contribution in [0.1, 0.15) is 273 Å². The van der Waals surface area contributed by atoms with Crippen molar-refractivity contribution in [3.8, 4) is 0 Å². The van der Waals surface area contributed by atoms with Crippen molar-refractivity contribution < 1.29 is 62.7 Å². The van der Waals surface area contributed by atoms with E-state index in [9.17, 15) is 43.8 Å². The van der Waals surface area contributed by atoms with Crippen molar-refractivity contribution in [1.82, 2.24) is 0 Å². The number of hydrogen-bond acceptors (Lipinski definition) is 13. The van der Waals surface area contributed by atoms with Crippen LogP contribution in [0.4, 0.5) is 0 Å². The molecule has 0 amide bonds. The number of ketones is 3. The molecule has 2 N–H and O–H groups in total. The van der Waals surface area contributed by atoms with Gasteiger partial charge >= 0.3 is 23.9 Å². The Morgan fingerprint density at radius 2 is 1.05 bits per heavy atom. The Morgan fingerprint density at radius 1 is 0.586 bits per heavy atom. The smallest absolute Gasteiger partial charge is 0.310 e. The third kappa shape index (κ3) is 20.4. The Bertz CT molecular complexity index is 2380. The molecular formula is C74H124O13. The van der Waals surface area contributed by atoms with Gasteiger partial charge in [0.05, 0.1) is 36.4 Å². The van der Waals surface area contributed by atoms with Gasteiger partial charge in [-0.3, -0.25) is 33.6 Å². The normalized spacial score (nSPS) is 37.7. The first-order valence-electron chi connectivity index (χ1n) is 33.2. The van der Waals surface area contributed by atoms with Gasteiger partial charge < -0.3 is 29.2 Å². The van der Waals surface area contributed by atoms with E-state index >= 15 is 0 Å². The molecule has 7 fully saturated rings. The Hall–Kier alpha value is -4.23. The molecule has 0 radical (unpaired) electrons. The van der Waals surface area contributed by atoms with Crippen LogP contribution in [0.15, 0.2) is 50.6 Å². The van der Waals surface area contributed by atoms with Crippen LogP contribution in [0.2, 0.25) is 0 Å². The van der Waals surface area contributed by atoms with E-state index < -0.39 is 44.8 Å². The summed E-state index contributed by atoms with van der Waals surface area (Å²) in [5, 5.41) is 20.6. The zero-order valence-electron chi connectivity index (χ0n) is 58.5. The molecule has 16 atom stereocenters. The zero-order valence-corrected chi connectivity index (χ0v) is 58.5. The number of Topliss-reactive ketones (excluding diaryl/α,β-unsaturated/α-hetero) is 3. The van der Waals surface area contributed by atoms with E-state index in [0.717, 1.165) is 109 Å². The molecular weight excluding hydrogens is 1100 g/mol. The highest BCUT2D eigenvalue weighted by Gasteiger charge is 2.58. The molecule has 0 aromatic rings. The Labute approximate surface area is 528 Å². The van der Waals surface area contributed by atoms with Gasteiger partial charge in [0, 0.05) is 52.8 Å². The van der Waals surface area contributed by atoms with Crippen LogP contribution in [0.25, 0.3) is 0 Å². The summed E-state index contributed by atoms with van der Waals surface area (Å²) in [5.41, 5.74) is -4.73. The summed E-state index contributed by atoms with van der Waals surface area (Å²) in [6, 6.07) is 0. The largest absolute Gasteiger partial charge is 0.460 e. The van der Waals surface area contributed by atoms with Gasteiger partial charge in [-0.2, -0.15) is 0 Å². The molecule has 1 aliphatic heterocycles. The van der Waals surface area contributed by atoms with E-state index in [1.54, 1.807) is 13.0 Å². The first kappa shape index (κ1) is 78.9. The third-order valence-electron chi connectivity index (χ3n) is 21.5. The quantitative estimate of drug-likeness (QED) is 0.119. The zero-order chi connectivity index (χ0) is 67.2. The van der Waals surface area contributed by atoms with Crippen LogP contribution >= 0.6 is 0 Å². The number of ether oxygens (including phenoxy) is 4. The fourth-order valence-corrected chi connectivity index (χ4v) is 15.0. The second kappa shape index (κ2) is 31.7. The molecule has 0 aromatic carbocycles. The SMILES string of the molecule is C=C[C@]1(C)CCC[C@@H](C)C1=O.C=C[C@]1(C)CCC[C@@H](C)[C@@]1(CC(=O)OC(C)(C)C)OC(C)=O.C=C[C@]1(C)CCC[C@@H](C)[C@]1(O)CC(=O)OC(C)(C)C.C=C[C@]1(C)CCC[C@]2(C)OC(=O)CC12.CC(O)[C@]1(C)CCC[C@@H](C)C1=O.CC1CCCC(C)C1=O.